The molecule has 150 valence electrons. The van der Waals surface area contributed by atoms with E-state index in [1.165, 1.54) is 24.3 Å². The van der Waals surface area contributed by atoms with Crippen molar-refractivity contribution in [3.05, 3.63) is 59.2 Å². The Bertz CT molecular complexity index is 970. The maximum atomic E-state index is 12.6. The van der Waals surface area contributed by atoms with E-state index in [0.29, 0.717) is 5.56 Å². The number of esters is 1. The van der Waals surface area contributed by atoms with Crippen LogP contribution in [-0.4, -0.2) is 45.2 Å². The topological polar surface area (TPSA) is 122 Å². The fourth-order valence-electron chi connectivity index (χ4n) is 2.46. The first kappa shape index (κ1) is 21.4. The molecule has 2 rings (SSSR count). The maximum Gasteiger partial charge on any atom is 0.330 e. The molecule has 9 heteroatoms. The highest BCUT2D eigenvalue weighted by Crippen LogP contribution is 2.21. The Morgan fingerprint density at radius 2 is 1.75 bits per heavy atom. The molecule has 0 heterocycles. The van der Waals surface area contributed by atoms with Crippen LogP contribution in [0, 0.1) is 13.8 Å². The SMILES string of the molecule is COC(=O)[C@H](CO)NC(=O)c1ccc(NS(=O)(=O)c2cc(C)ccc2C)cc1. The van der Waals surface area contributed by atoms with Gasteiger partial charge in [-0.15, -0.1) is 0 Å². The van der Waals surface area contributed by atoms with E-state index in [4.69, 9.17) is 5.11 Å². The first-order valence-corrected chi connectivity index (χ1v) is 9.86. The Balaban J connectivity index is 2.15. The van der Waals surface area contributed by atoms with Gasteiger partial charge < -0.3 is 15.2 Å². The zero-order chi connectivity index (χ0) is 20.9. The fraction of sp³-hybridized carbons (Fsp3) is 0.263. The van der Waals surface area contributed by atoms with E-state index in [0.717, 1.165) is 12.7 Å². The smallest absolute Gasteiger partial charge is 0.330 e. The molecule has 28 heavy (non-hydrogen) atoms. The molecule has 0 spiro atoms. The van der Waals surface area contributed by atoms with Gasteiger partial charge in [-0.05, 0) is 55.3 Å². The van der Waals surface area contributed by atoms with Gasteiger partial charge >= 0.3 is 5.97 Å². The largest absolute Gasteiger partial charge is 0.467 e. The minimum atomic E-state index is -3.78. The summed E-state index contributed by atoms with van der Waals surface area (Å²) in [6.07, 6.45) is 0. The first-order chi connectivity index (χ1) is 13.2. The van der Waals surface area contributed by atoms with Crippen molar-refractivity contribution in [1.29, 1.82) is 0 Å². The Hall–Kier alpha value is -2.91. The van der Waals surface area contributed by atoms with Crippen molar-refractivity contribution in [3.8, 4) is 0 Å². The molecule has 0 aliphatic rings. The molecule has 0 aromatic heterocycles. The van der Waals surface area contributed by atoms with Crippen molar-refractivity contribution in [2.45, 2.75) is 24.8 Å². The number of carbonyl (C=O) groups is 2. The van der Waals surface area contributed by atoms with E-state index in [9.17, 15) is 18.0 Å². The van der Waals surface area contributed by atoms with Gasteiger partial charge in [0, 0.05) is 11.3 Å². The van der Waals surface area contributed by atoms with Gasteiger partial charge in [-0.2, -0.15) is 0 Å². The number of rotatable bonds is 7. The summed E-state index contributed by atoms with van der Waals surface area (Å²) >= 11 is 0. The highest BCUT2D eigenvalue weighted by atomic mass is 32.2. The summed E-state index contributed by atoms with van der Waals surface area (Å²) in [5.74, 6) is -1.37. The van der Waals surface area contributed by atoms with Crippen LogP contribution < -0.4 is 10.0 Å². The molecular weight excluding hydrogens is 384 g/mol. The molecule has 0 radical (unpaired) electrons. The number of anilines is 1. The van der Waals surface area contributed by atoms with E-state index >= 15 is 0 Å². The number of aliphatic hydroxyl groups is 1. The Morgan fingerprint density at radius 1 is 1.11 bits per heavy atom. The number of nitrogens with one attached hydrogen (secondary N) is 2. The lowest BCUT2D eigenvalue weighted by Gasteiger charge is -2.14. The van der Waals surface area contributed by atoms with Crippen molar-refractivity contribution in [2.75, 3.05) is 18.4 Å². The van der Waals surface area contributed by atoms with Crippen LogP contribution in [0.1, 0.15) is 21.5 Å². The summed E-state index contributed by atoms with van der Waals surface area (Å²) in [7, 11) is -2.64. The van der Waals surface area contributed by atoms with Crippen LogP contribution >= 0.6 is 0 Å². The van der Waals surface area contributed by atoms with E-state index in [1.807, 2.05) is 6.07 Å². The molecule has 0 aliphatic heterocycles. The molecule has 0 aliphatic carbocycles. The van der Waals surface area contributed by atoms with Crippen molar-refractivity contribution in [2.24, 2.45) is 0 Å². The van der Waals surface area contributed by atoms with Crippen LogP contribution in [0.15, 0.2) is 47.4 Å². The van der Waals surface area contributed by atoms with Gasteiger partial charge in [0.25, 0.3) is 15.9 Å². The van der Waals surface area contributed by atoms with Crippen molar-refractivity contribution in [3.63, 3.8) is 0 Å². The molecule has 8 nitrogen and oxygen atoms in total. The number of benzene rings is 2. The summed E-state index contributed by atoms with van der Waals surface area (Å²) < 4.78 is 32.2. The molecule has 0 saturated heterocycles. The lowest BCUT2D eigenvalue weighted by Crippen LogP contribution is -2.44. The van der Waals surface area contributed by atoms with Gasteiger partial charge in [0.2, 0.25) is 0 Å². The van der Waals surface area contributed by atoms with Gasteiger partial charge in [0.15, 0.2) is 6.04 Å². The molecule has 0 bridgehead atoms. The third kappa shape index (κ3) is 5.08. The normalized spacial score (nSPS) is 12.1. The second-order valence-electron chi connectivity index (χ2n) is 6.18. The number of aliphatic hydroxyl groups excluding tert-OH is 1. The Kier molecular flexibility index (Phi) is 6.76. The van der Waals surface area contributed by atoms with Crippen molar-refractivity contribution in [1.82, 2.24) is 5.32 Å². The predicted octanol–water partition coefficient (Wildman–Crippen LogP) is 1.37. The van der Waals surface area contributed by atoms with Crippen LogP contribution in [0.2, 0.25) is 0 Å². The van der Waals surface area contributed by atoms with Gasteiger partial charge in [-0.1, -0.05) is 12.1 Å². The summed E-state index contributed by atoms with van der Waals surface area (Å²) in [6, 6.07) is 9.64. The molecule has 2 aromatic rings. The quantitative estimate of drug-likeness (QED) is 0.597. The van der Waals surface area contributed by atoms with Crippen LogP contribution in [-0.2, 0) is 19.6 Å². The second kappa shape index (κ2) is 8.85. The van der Waals surface area contributed by atoms with Crippen LogP contribution in [0.4, 0.5) is 5.69 Å². The standard InChI is InChI=1S/C19H22N2O6S/c1-12-4-5-13(2)17(10-12)28(25,26)21-15-8-6-14(7-9-15)18(23)20-16(11-22)19(24)27-3/h4-10,16,21-22H,11H2,1-3H3,(H,20,23)/t16-/m0/s1. The van der Waals surface area contributed by atoms with Gasteiger partial charge in [-0.25, -0.2) is 13.2 Å². The third-order valence-corrected chi connectivity index (χ3v) is 5.53. The first-order valence-electron chi connectivity index (χ1n) is 8.37. The second-order valence-corrected chi connectivity index (χ2v) is 7.83. The molecule has 1 atom stereocenters. The lowest BCUT2D eigenvalue weighted by atomic mass is 10.2. The molecule has 3 N–H and O–H groups in total. The molecule has 1 amide bonds. The Labute approximate surface area is 163 Å². The number of hydrogen-bond donors (Lipinski definition) is 3. The minimum absolute atomic E-state index is 0.179. The zero-order valence-electron chi connectivity index (χ0n) is 15.7. The van der Waals surface area contributed by atoms with Gasteiger partial charge in [0.05, 0.1) is 18.6 Å². The minimum Gasteiger partial charge on any atom is -0.467 e. The Morgan fingerprint density at radius 3 is 2.32 bits per heavy atom. The highest BCUT2D eigenvalue weighted by molar-refractivity contribution is 7.92. The summed E-state index contributed by atoms with van der Waals surface area (Å²) in [4.78, 5) is 23.8. The average Bonchev–Trinajstić information content (AvgIpc) is 2.67. The molecule has 0 unspecified atom stereocenters. The van der Waals surface area contributed by atoms with E-state index < -0.39 is 34.5 Å². The third-order valence-electron chi connectivity index (χ3n) is 4.01. The van der Waals surface area contributed by atoms with Crippen LogP contribution in [0.5, 0.6) is 0 Å². The number of hydrogen-bond acceptors (Lipinski definition) is 6. The molecule has 2 aromatic carbocycles. The number of ether oxygens (including phenoxy) is 1. The summed E-state index contributed by atoms with van der Waals surface area (Å²) in [5, 5.41) is 11.5. The molecule has 0 saturated carbocycles. The number of methoxy groups -OCH3 is 1. The summed E-state index contributed by atoms with van der Waals surface area (Å²) in [6.45, 7) is 2.91. The monoisotopic (exact) mass is 406 g/mol. The molecular formula is C19H22N2O6S. The number of carbonyl (C=O) groups excluding carboxylic acids is 2. The highest BCUT2D eigenvalue weighted by Gasteiger charge is 2.21. The summed E-state index contributed by atoms with van der Waals surface area (Å²) in [5.41, 5.74) is 1.91. The lowest BCUT2D eigenvalue weighted by molar-refractivity contribution is -0.143. The number of aryl methyl sites for hydroxylation is 2. The van der Waals surface area contributed by atoms with E-state index in [2.05, 4.69) is 14.8 Å². The van der Waals surface area contributed by atoms with Crippen LogP contribution in [0.25, 0.3) is 0 Å². The van der Waals surface area contributed by atoms with E-state index in [-0.39, 0.29) is 16.1 Å². The number of sulfonamides is 1. The fourth-order valence-corrected chi connectivity index (χ4v) is 3.85. The predicted molar refractivity (Wildman–Crippen MR) is 104 cm³/mol. The van der Waals surface area contributed by atoms with Crippen molar-refractivity contribution < 1.29 is 27.9 Å². The van der Waals surface area contributed by atoms with Gasteiger partial charge in [-0.3, -0.25) is 9.52 Å². The number of amides is 1. The zero-order valence-corrected chi connectivity index (χ0v) is 16.5. The molecule has 0 fully saturated rings. The average molecular weight is 406 g/mol. The van der Waals surface area contributed by atoms with Gasteiger partial charge in [0.1, 0.15) is 0 Å². The maximum absolute atomic E-state index is 12.6. The van der Waals surface area contributed by atoms with Crippen molar-refractivity contribution >= 4 is 27.6 Å². The van der Waals surface area contributed by atoms with E-state index in [1.54, 1.807) is 26.0 Å². The van der Waals surface area contributed by atoms with Crippen LogP contribution in [0.3, 0.4) is 0 Å².